The number of para-hydroxylation sites is 1. The van der Waals surface area contributed by atoms with Crippen LogP contribution in [0.5, 0.6) is 11.5 Å². The van der Waals surface area contributed by atoms with Crippen molar-refractivity contribution in [3.05, 3.63) is 145 Å². The summed E-state index contributed by atoms with van der Waals surface area (Å²) >= 11 is 1.90. The molecule has 0 atom stereocenters. The summed E-state index contributed by atoms with van der Waals surface area (Å²) < 4.78 is 9.13. The van der Waals surface area contributed by atoms with E-state index in [1.807, 2.05) is 60.0 Å². The topological polar surface area (TPSA) is 25.4 Å². The lowest BCUT2D eigenvalue weighted by Gasteiger charge is -2.42. The zero-order valence-corrected chi connectivity index (χ0v) is 24.2. The van der Waals surface area contributed by atoms with Gasteiger partial charge in [-0.3, -0.25) is 4.98 Å². The number of nitrogens with zero attached hydrogens (tertiary/aromatic N) is 2. The molecule has 0 unspecified atom stereocenters. The number of pyridine rings is 1. The minimum absolute atomic E-state index is 0.164. The highest BCUT2D eigenvalue weighted by molar-refractivity contribution is 7.26. The van der Waals surface area contributed by atoms with Crippen LogP contribution in [0, 0.1) is 0 Å². The summed E-state index contributed by atoms with van der Waals surface area (Å²) in [5.74, 6) is 1.57. The Bertz CT molecular complexity index is 2110. The third-order valence-electron chi connectivity index (χ3n) is 8.32. The molecule has 0 amide bonds. The fourth-order valence-corrected chi connectivity index (χ4v) is 7.79. The Balaban J connectivity index is 1.26. The average Bonchev–Trinajstić information content (AvgIpc) is 3.40. The van der Waals surface area contributed by atoms with Gasteiger partial charge in [-0.25, -0.2) is 0 Å². The van der Waals surface area contributed by atoms with Crippen LogP contribution in [0.3, 0.4) is 0 Å². The van der Waals surface area contributed by atoms with Crippen molar-refractivity contribution < 1.29 is 4.74 Å². The Kier molecular flexibility index (Phi) is 5.66. The largest absolute Gasteiger partial charge is 0.457 e. The van der Waals surface area contributed by atoms with Crippen LogP contribution < -0.4 is 9.64 Å². The molecule has 3 heterocycles. The minimum atomic E-state index is -0.164. The predicted octanol–water partition coefficient (Wildman–Crippen LogP) is 11.0. The number of fused-ring (bicyclic) bond motifs is 6. The van der Waals surface area contributed by atoms with Gasteiger partial charge in [0.2, 0.25) is 0 Å². The summed E-state index contributed by atoms with van der Waals surface area (Å²) in [6.07, 6.45) is 1.81. The molecule has 42 heavy (non-hydrogen) atoms. The van der Waals surface area contributed by atoms with Crippen molar-refractivity contribution in [2.75, 3.05) is 4.90 Å². The van der Waals surface area contributed by atoms with Crippen LogP contribution in [0.25, 0.3) is 31.4 Å². The van der Waals surface area contributed by atoms with Crippen molar-refractivity contribution in [1.82, 2.24) is 4.98 Å². The number of hydrogen-bond donors (Lipinski definition) is 0. The maximum absolute atomic E-state index is 6.45. The van der Waals surface area contributed by atoms with E-state index in [0.717, 1.165) is 28.4 Å². The number of rotatable bonds is 4. The highest BCUT2D eigenvalue weighted by Gasteiger charge is 2.38. The molecule has 7 aromatic rings. The molecular formula is C38H28N2OS. The van der Waals surface area contributed by atoms with Crippen LogP contribution >= 0.6 is 11.3 Å². The Labute approximate surface area is 249 Å². The van der Waals surface area contributed by atoms with E-state index in [1.54, 1.807) is 0 Å². The van der Waals surface area contributed by atoms with Crippen LogP contribution in [-0.4, -0.2) is 4.98 Å². The monoisotopic (exact) mass is 560 g/mol. The number of benzene rings is 5. The number of thiophene rings is 1. The van der Waals surface area contributed by atoms with Crippen molar-refractivity contribution >= 4 is 48.6 Å². The van der Waals surface area contributed by atoms with Gasteiger partial charge in [0, 0.05) is 54.7 Å². The quantitative estimate of drug-likeness (QED) is 0.214. The van der Waals surface area contributed by atoms with Crippen LogP contribution in [-0.2, 0) is 5.41 Å². The van der Waals surface area contributed by atoms with E-state index in [-0.39, 0.29) is 5.41 Å². The lowest BCUT2D eigenvalue weighted by Crippen LogP contribution is -2.30. The number of anilines is 3. The van der Waals surface area contributed by atoms with Gasteiger partial charge >= 0.3 is 0 Å². The molecule has 2 aromatic heterocycles. The minimum Gasteiger partial charge on any atom is -0.457 e. The molecule has 0 saturated heterocycles. The molecule has 0 radical (unpaired) electrons. The molecule has 202 valence electrons. The summed E-state index contributed by atoms with van der Waals surface area (Å²) in [4.78, 5) is 6.90. The van der Waals surface area contributed by atoms with Crippen LogP contribution in [0.15, 0.2) is 134 Å². The van der Waals surface area contributed by atoms with Crippen LogP contribution in [0.1, 0.15) is 25.0 Å². The highest BCUT2D eigenvalue weighted by Crippen LogP contribution is 2.55. The van der Waals surface area contributed by atoms with Gasteiger partial charge in [0.25, 0.3) is 0 Å². The fourth-order valence-electron chi connectivity index (χ4n) is 6.38. The van der Waals surface area contributed by atoms with E-state index in [2.05, 4.69) is 109 Å². The Hall–Kier alpha value is -4.93. The third kappa shape index (κ3) is 3.91. The van der Waals surface area contributed by atoms with Gasteiger partial charge in [0.15, 0.2) is 0 Å². The molecule has 3 nitrogen and oxygen atoms in total. The van der Waals surface area contributed by atoms with Crippen molar-refractivity contribution in [3.63, 3.8) is 0 Å². The molecule has 0 saturated carbocycles. The van der Waals surface area contributed by atoms with Crippen molar-refractivity contribution in [2.24, 2.45) is 0 Å². The molecule has 1 aliphatic heterocycles. The van der Waals surface area contributed by atoms with E-state index in [9.17, 15) is 0 Å². The van der Waals surface area contributed by atoms with E-state index in [4.69, 9.17) is 4.74 Å². The smallest absolute Gasteiger partial charge is 0.129 e. The van der Waals surface area contributed by atoms with Crippen LogP contribution in [0.4, 0.5) is 17.1 Å². The van der Waals surface area contributed by atoms with E-state index in [0.29, 0.717) is 0 Å². The van der Waals surface area contributed by atoms with Gasteiger partial charge in [-0.2, -0.15) is 0 Å². The molecule has 0 spiro atoms. The summed E-state index contributed by atoms with van der Waals surface area (Å²) in [5.41, 5.74) is 7.95. The van der Waals surface area contributed by atoms with Gasteiger partial charge < -0.3 is 9.64 Å². The molecule has 8 rings (SSSR count). The molecule has 5 aromatic carbocycles. The number of hydrogen-bond acceptors (Lipinski definition) is 4. The molecule has 1 aliphatic rings. The van der Waals surface area contributed by atoms with Gasteiger partial charge in [-0.15, -0.1) is 11.3 Å². The Morgan fingerprint density at radius 1 is 0.667 bits per heavy atom. The molecular weight excluding hydrogens is 532 g/mol. The first kappa shape index (κ1) is 24.8. The molecule has 0 bridgehead atoms. The molecule has 0 fully saturated rings. The second kappa shape index (κ2) is 9.57. The summed E-state index contributed by atoms with van der Waals surface area (Å²) in [6, 6.07) is 44.6. The standard InChI is InChI=1S/C38H28N2OS/c1-38(2)31-16-4-5-18-33(31)40(34-21-20-30-29-15-3-6-19-35(29)42-37(30)36(34)38)26-12-10-14-28(24-26)41-27-13-9-11-25(23-27)32-17-7-8-22-39-32/h3-24H,1-2H3. The number of ether oxygens (including phenoxy) is 1. The summed E-state index contributed by atoms with van der Waals surface area (Å²) in [7, 11) is 0. The average molecular weight is 561 g/mol. The fraction of sp³-hybridized carbons (Fsp3) is 0.0789. The second-order valence-electron chi connectivity index (χ2n) is 11.3. The van der Waals surface area contributed by atoms with E-state index < -0.39 is 0 Å². The second-order valence-corrected chi connectivity index (χ2v) is 12.3. The van der Waals surface area contributed by atoms with Gasteiger partial charge in [-0.1, -0.05) is 80.6 Å². The first-order valence-corrected chi connectivity index (χ1v) is 15.0. The van der Waals surface area contributed by atoms with Crippen molar-refractivity contribution in [2.45, 2.75) is 19.3 Å². The maximum atomic E-state index is 6.45. The maximum Gasteiger partial charge on any atom is 0.129 e. The van der Waals surface area contributed by atoms with E-state index in [1.165, 1.54) is 42.7 Å². The lowest BCUT2D eigenvalue weighted by molar-refractivity contribution is 0.483. The lowest BCUT2D eigenvalue weighted by atomic mass is 9.73. The molecule has 0 aliphatic carbocycles. The molecule has 0 N–H and O–H groups in total. The first-order valence-electron chi connectivity index (χ1n) is 14.2. The van der Waals surface area contributed by atoms with Gasteiger partial charge in [0.1, 0.15) is 11.5 Å². The third-order valence-corrected chi connectivity index (χ3v) is 9.52. The highest BCUT2D eigenvalue weighted by atomic mass is 32.1. The molecule has 4 heteroatoms. The van der Waals surface area contributed by atoms with E-state index >= 15 is 0 Å². The zero-order chi connectivity index (χ0) is 28.3. The Morgan fingerprint density at radius 3 is 2.33 bits per heavy atom. The van der Waals surface area contributed by atoms with Crippen LogP contribution in [0.2, 0.25) is 0 Å². The first-order chi connectivity index (χ1) is 20.6. The number of aromatic nitrogens is 1. The SMILES string of the molecule is CC1(C)c2ccccc2N(c2cccc(Oc3cccc(-c4ccccn4)c3)c2)c2ccc3c(sc4ccccc43)c21. The van der Waals surface area contributed by atoms with Gasteiger partial charge in [-0.05, 0) is 60.2 Å². The van der Waals surface area contributed by atoms with Crippen molar-refractivity contribution in [3.8, 4) is 22.8 Å². The summed E-state index contributed by atoms with van der Waals surface area (Å²) in [5, 5.41) is 2.65. The predicted molar refractivity (Wildman–Crippen MR) is 176 cm³/mol. The Morgan fingerprint density at radius 2 is 1.45 bits per heavy atom. The summed E-state index contributed by atoms with van der Waals surface area (Å²) in [6.45, 7) is 4.72. The normalized spacial score (nSPS) is 13.6. The van der Waals surface area contributed by atoms with Crippen molar-refractivity contribution in [1.29, 1.82) is 0 Å². The van der Waals surface area contributed by atoms with Gasteiger partial charge in [0.05, 0.1) is 17.1 Å². The zero-order valence-electron chi connectivity index (χ0n) is 23.4.